The molecule has 2 aromatic heterocycles. The molecule has 7 nitrogen and oxygen atoms in total. The lowest BCUT2D eigenvalue weighted by Gasteiger charge is -2.06. The molecule has 5 rings (SSSR count). The van der Waals surface area contributed by atoms with Gasteiger partial charge in [-0.1, -0.05) is 41.6 Å². The summed E-state index contributed by atoms with van der Waals surface area (Å²) in [5.41, 5.74) is 1.81. The average Bonchev–Trinajstić information content (AvgIpc) is 3.34. The first kappa shape index (κ1) is 20.3. The van der Waals surface area contributed by atoms with Crippen molar-refractivity contribution in [3.05, 3.63) is 113 Å². The van der Waals surface area contributed by atoms with E-state index in [1.807, 2.05) is 42.5 Å². The zero-order valence-corrected chi connectivity index (χ0v) is 17.3. The molecule has 0 spiro atoms. The smallest absolute Gasteiger partial charge is 0.282 e. The number of rotatable bonds is 6. The number of hydrogen-bond acceptors (Lipinski definition) is 6. The lowest BCUT2D eigenvalue weighted by atomic mass is 10.2. The van der Waals surface area contributed by atoms with E-state index in [1.165, 1.54) is 29.1 Å². The first-order chi connectivity index (χ1) is 16.2. The van der Waals surface area contributed by atoms with Crippen LogP contribution in [-0.4, -0.2) is 19.9 Å². The molecule has 0 aliphatic rings. The summed E-state index contributed by atoms with van der Waals surface area (Å²) in [5.74, 6) is 0.576. The fourth-order valence-corrected chi connectivity index (χ4v) is 3.20. The second kappa shape index (κ2) is 8.88. The van der Waals surface area contributed by atoms with E-state index >= 15 is 0 Å². The summed E-state index contributed by atoms with van der Waals surface area (Å²) in [6.45, 7) is 0.462. The van der Waals surface area contributed by atoms with E-state index in [-0.39, 0.29) is 17.0 Å². The fourth-order valence-electron chi connectivity index (χ4n) is 3.20. The Morgan fingerprint density at radius 3 is 2.55 bits per heavy atom. The molecule has 0 aliphatic heterocycles. The van der Waals surface area contributed by atoms with E-state index in [9.17, 15) is 9.18 Å². The minimum Gasteiger partial charge on any atom is -0.489 e. The van der Waals surface area contributed by atoms with Gasteiger partial charge < -0.3 is 9.26 Å². The van der Waals surface area contributed by atoms with Crippen LogP contribution in [0.1, 0.15) is 5.56 Å². The number of benzene rings is 3. The molecule has 0 N–H and O–H groups in total. The molecule has 0 fully saturated rings. The monoisotopic (exact) mass is 440 g/mol. The molecule has 0 atom stereocenters. The third kappa shape index (κ3) is 4.54. The van der Waals surface area contributed by atoms with Gasteiger partial charge in [-0.3, -0.25) is 4.79 Å². The predicted octanol–water partition coefficient (Wildman–Crippen LogP) is 4.67. The Bertz CT molecular complexity index is 1450. The highest BCUT2D eigenvalue weighted by molar-refractivity contribution is 5.58. The Balaban J connectivity index is 1.36. The SMILES string of the molecule is O=c1ccn(-c2cccc(F)c2)nc1-c1nc(-c2ccc(OCc3ccccc3)cc2)no1. The van der Waals surface area contributed by atoms with Crippen LogP contribution in [0.25, 0.3) is 28.7 Å². The summed E-state index contributed by atoms with van der Waals surface area (Å²) in [4.78, 5) is 16.7. The van der Waals surface area contributed by atoms with Gasteiger partial charge in [0.1, 0.15) is 18.2 Å². The van der Waals surface area contributed by atoms with E-state index < -0.39 is 5.82 Å². The Morgan fingerprint density at radius 1 is 0.939 bits per heavy atom. The summed E-state index contributed by atoms with van der Waals surface area (Å²) in [5, 5.41) is 8.22. The summed E-state index contributed by atoms with van der Waals surface area (Å²) in [6, 6.07) is 24.3. The maximum absolute atomic E-state index is 13.6. The van der Waals surface area contributed by atoms with Gasteiger partial charge in [-0.25, -0.2) is 9.07 Å². The van der Waals surface area contributed by atoms with Crippen molar-refractivity contribution in [2.24, 2.45) is 0 Å². The standard InChI is InChI=1S/C25H17FN4O3/c26-19-7-4-8-20(15-19)30-14-13-22(31)23(28-30)25-27-24(29-33-25)18-9-11-21(12-10-18)32-16-17-5-2-1-3-6-17/h1-15H,16H2. The molecule has 8 heteroatoms. The van der Waals surface area contributed by atoms with Crippen molar-refractivity contribution in [3.8, 4) is 34.4 Å². The molecule has 33 heavy (non-hydrogen) atoms. The lowest BCUT2D eigenvalue weighted by molar-refractivity contribution is 0.306. The largest absolute Gasteiger partial charge is 0.489 e. The molecule has 5 aromatic rings. The van der Waals surface area contributed by atoms with Gasteiger partial charge in [0.05, 0.1) is 5.69 Å². The van der Waals surface area contributed by atoms with Crippen LogP contribution in [0.5, 0.6) is 5.75 Å². The minimum atomic E-state index is -0.411. The predicted molar refractivity (Wildman–Crippen MR) is 119 cm³/mol. The first-order valence-corrected chi connectivity index (χ1v) is 10.1. The Kier molecular flexibility index (Phi) is 5.47. The molecule has 0 amide bonds. The third-order valence-electron chi connectivity index (χ3n) is 4.87. The van der Waals surface area contributed by atoms with Crippen molar-refractivity contribution in [3.63, 3.8) is 0 Å². The maximum Gasteiger partial charge on any atom is 0.282 e. The quantitative estimate of drug-likeness (QED) is 0.382. The van der Waals surface area contributed by atoms with Crippen LogP contribution in [0.4, 0.5) is 4.39 Å². The van der Waals surface area contributed by atoms with Gasteiger partial charge >= 0.3 is 0 Å². The Morgan fingerprint density at radius 2 is 1.76 bits per heavy atom. The van der Waals surface area contributed by atoms with Crippen LogP contribution < -0.4 is 10.2 Å². The van der Waals surface area contributed by atoms with E-state index in [0.29, 0.717) is 29.4 Å². The highest BCUT2D eigenvalue weighted by Crippen LogP contribution is 2.23. The number of halogens is 1. The minimum absolute atomic E-state index is 0.0230. The normalized spacial score (nSPS) is 10.8. The summed E-state index contributed by atoms with van der Waals surface area (Å²) < 4.78 is 26.0. The summed E-state index contributed by atoms with van der Waals surface area (Å²) >= 11 is 0. The molecule has 3 aromatic carbocycles. The highest BCUT2D eigenvalue weighted by atomic mass is 19.1. The molecule has 0 unspecified atom stereocenters. The van der Waals surface area contributed by atoms with Gasteiger partial charge in [0.2, 0.25) is 11.3 Å². The Hall–Kier alpha value is -4.59. The van der Waals surface area contributed by atoms with E-state index in [1.54, 1.807) is 24.3 Å². The van der Waals surface area contributed by atoms with Crippen molar-refractivity contribution >= 4 is 0 Å². The van der Waals surface area contributed by atoms with E-state index in [4.69, 9.17) is 9.26 Å². The van der Waals surface area contributed by atoms with Gasteiger partial charge in [0.15, 0.2) is 5.69 Å². The molecule has 0 aliphatic carbocycles. The van der Waals surface area contributed by atoms with Crippen LogP contribution in [0.3, 0.4) is 0 Å². The molecule has 0 saturated heterocycles. The van der Waals surface area contributed by atoms with Crippen molar-refractivity contribution in [1.82, 2.24) is 19.9 Å². The van der Waals surface area contributed by atoms with Crippen molar-refractivity contribution in [2.75, 3.05) is 0 Å². The topological polar surface area (TPSA) is 83.0 Å². The second-order valence-corrected chi connectivity index (χ2v) is 7.17. The molecule has 0 saturated carbocycles. The third-order valence-corrected chi connectivity index (χ3v) is 4.87. The highest BCUT2D eigenvalue weighted by Gasteiger charge is 2.16. The van der Waals surface area contributed by atoms with Crippen LogP contribution in [0.2, 0.25) is 0 Å². The van der Waals surface area contributed by atoms with E-state index in [2.05, 4.69) is 15.2 Å². The Labute approximate surface area is 187 Å². The lowest BCUT2D eigenvalue weighted by Crippen LogP contribution is -2.12. The molecular formula is C25H17FN4O3. The van der Waals surface area contributed by atoms with E-state index in [0.717, 1.165) is 5.56 Å². The zero-order chi connectivity index (χ0) is 22.6. The van der Waals surface area contributed by atoms with Crippen molar-refractivity contribution in [2.45, 2.75) is 6.61 Å². The van der Waals surface area contributed by atoms with Crippen LogP contribution in [0, 0.1) is 5.82 Å². The van der Waals surface area contributed by atoms with Crippen LogP contribution in [0.15, 0.2) is 100 Å². The van der Waals surface area contributed by atoms with Gasteiger partial charge in [-0.2, -0.15) is 10.1 Å². The van der Waals surface area contributed by atoms with Gasteiger partial charge in [-0.15, -0.1) is 0 Å². The average molecular weight is 440 g/mol. The molecule has 162 valence electrons. The first-order valence-electron chi connectivity index (χ1n) is 10.1. The number of ether oxygens (including phenoxy) is 1. The van der Waals surface area contributed by atoms with Gasteiger partial charge in [0.25, 0.3) is 5.89 Å². The number of aromatic nitrogens is 4. The number of hydrogen-bond donors (Lipinski definition) is 0. The number of nitrogens with zero attached hydrogens (tertiary/aromatic N) is 4. The van der Waals surface area contributed by atoms with Crippen LogP contribution in [-0.2, 0) is 6.61 Å². The summed E-state index contributed by atoms with van der Waals surface area (Å²) in [7, 11) is 0. The van der Waals surface area contributed by atoms with Crippen LogP contribution >= 0.6 is 0 Å². The van der Waals surface area contributed by atoms with Gasteiger partial charge in [0, 0.05) is 17.8 Å². The molecular weight excluding hydrogens is 423 g/mol. The summed E-state index contributed by atoms with van der Waals surface area (Å²) in [6.07, 6.45) is 1.45. The molecule has 0 bridgehead atoms. The fraction of sp³-hybridized carbons (Fsp3) is 0.0400. The van der Waals surface area contributed by atoms with Gasteiger partial charge in [-0.05, 0) is 48.0 Å². The zero-order valence-electron chi connectivity index (χ0n) is 17.3. The molecule has 0 radical (unpaired) electrons. The van der Waals surface area contributed by atoms with Crippen molar-refractivity contribution in [1.29, 1.82) is 0 Å². The van der Waals surface area contributed by atoms with Crippen molar-refractivity contribution < 1.29 is 13.7 Å². The second-order valence-electron chi connectivity index (χ2n) is 7.17. The molecule has 2 heterocycles. The maximum atomic E-state index is 13.6.